The first-order valence-electron chi connectivity index (χ1n) is 11.9. The normalized spacial score (nSPS) is 33.9. The molecule has 6 rings (SSSR count). The molecule has 1 amide bonds. The SMILES string of the molecule is O=C(Nc1nc2cccc(C3CCC4(CC3)CC(C(=O)[C@@H]3CC3(F)F)([N+](=O)[O-])C4)n2n1)C1CC1. The van der Waals surface area contributed by atoms with Crippen molar-refractivity contribution in [3.05, 3.63) is 34.0 Å². The maximum absolute atomic E-state index is 13.4. The van der Waals surface area contributed by atoms with Crippen LogP contribution in [0.25, 0.3) is 5.65 Å². The predicted molar refractivity (Wildman–Crippen MR) is 115 cm³/mol. The molecular formula is C23H25F2N5O4. The van der Waals surface area contributed by atoms with Crippen molar-refractivity contribution >= 4 is 23.3 Å². The molecule has 4 saturated carbocycles. The van der Waals surface area contributed by atoms with E-state index in [-0.39, 0.29) is 41.9 Å². The summed E-state index contributed by atoms with van der Waals surface area (Å²) in [5, 5.41) is 19.0. The van der Waals surface area contributed by atoms with Gasteiger partial charge in [0.15, 0.2) is 5.65 Å². The second kappa shape index (κ2) is 7.02. The Balaban J connectivity index is 1.15. The highest BCUT2D eigenvalue weighted by Gasteiger charge is 2.74. The van der Waals surface area contributed by atoms with Crippen LogP contribution in [0, 0.1) is 27.4 Å². The fraction of sp³-hybridized carbons (Fsp3) is 0.652. The van der Waals surface area contributed by atoms with Crippen LogP contribution in [0.15, 0.2) is 18.2 Å². The Kier molecular flexibility index (Phi) is 4.45. The first-order chi connectivity index (χ1) is 16.1. The Morgan fingerprint density at radius 1 is 1.15 bits per heavy atom. The highest BCUT2D eigenvalue weighted by Crippen LogP contribution is 2.63. The van der Waals surface area contributed by atoms with Crippen LogP contribution >= 0.6 is 0 Å². The van der Waals surface area contributed by atoms with Crippen LogP contribution in [0.1, 0.15) is 69.4 Å². The van der Waals surface area contributed by atoms with Gasteiger partial charge in [0.2, 0.25) is 17.6 Å². The highest BCUT2D eigenvalue weighted by atomic mass is 19.3. The van der Waals surface area contributed by atoms with E-state index in [1.807, 2.05) is 18.2 Å². The molecule has 0 aliphatic heterocycles. The Morgan fingerprint density at radius 3 is 2.41 bits per heavy atom. The van der Waals surface area contributed by atoms with Crippen LogP contribution in [-0.4, -0.2) is 42.7 Å². The third kappa shape index (κ3) is 3.31. The number of ketones is 1. The molecule has 4 aliphatic carbocycles. The van der Waals surface area contributed by atoms with E-state index in [1.54, 1.807) is 4.52 Å². The summed E-state index contributed by atoms with van der Waals surface area (Å²) in [6.45, 7) is 0. The molecule has 0 bridgehead atoms. The summed E-state index contributed by atoms with van der Waals surface area (Å²) in [6, 6.07) is 5.69. The molecule has 11 heteroatoms. The van der Waals surface area contributed by atoms with Crippen molar-refractivity contribution < 1.29 is 23.3 Å². The molecule has 1 spiro atoms. The van der Waals surface area contributed by atoms with Gasteiger partial charge < -0.3 is 0 Å². The van der Waals surface area contributed by atoms with Crippen molar-refractivity contribution in [1.29, 1.82) is 0 Å². The number of hydrogen-bond acceptors (Lipinski definition) is 6. The fourth-order valence-corrected chi connectivity index (χ4v) is 6.13. The Hall–Kier alpha value is -2.98. The topological polar surface area (TPSA) is 120 Å². The second-order valence-electron chi connectivity index (χ2n) is 10.7. The minimum Gasteiger partial charge on any atom is -0.293 e. The number of hydrogen-bond donors (Lipinski definition) is 1. The molecule has 2 aromatic heterocycles. The number of anilines is 1. The smallest absolute Gasteiger partial charge is 0.280 e. The number of fused-ring (bicyclic) bond motifs is 1. The van der Waals surface area contributed by atoms with E-state index < -0.39 is 34.5 Å². The Morgan fingerprint density at radius 2 is 1.82 bits per heavy atom. The zero-order valence-corrected chi connectivity index (χ0v) is 18.5. The molecule has 4 aliphatic rings. The number of halogens is 2. The van der Waals surface area contributed by atoms with E-state index in [0.717, 1.165) is 31.4 Å². The third-order valence-electron chi connectivity index (χ3n) is 8.32. The van der Waals surface area contributed by atoms with Gasteiger partial charge in [0.25, 0.3) is 11.5 Å². The monoisotopic (exact) mass is 473 g/mol. The maximum Gasteiger partial charge on any atom is 0.280 e. The van der Waals surface area contributed by atoms with Crippen molar-refractivity contribution in [3.8, 4) is 0 Å². The first kappa shape index (κ1) is 21.5. The zero-order chi connectivity index (χ0) is 23.9. The number of Topliss-reactive ketones (excluding diaryl/α,β-unsaturated/α-hetero) is 1. The van der Waals surface area contributed by atoms with Crippen LogP contribution in [0.4, 0.5) is 14.7 Å². The fourth-order valence-electron chi connectivity index (χ4n) is 6.13. The van der Waals surface area contributed by atoms with Crippen molar-refractivity contribution in [2.75, 3.05) is 5.32 Å². The molecule has 180 valence electrons. The van der Waals surface area contributed by atoms with Crippen molar-refractivity contribution in [2.45, 2.75) is 75.2 Å². The minimum absolute atomic E-state index is 0.0485. The molecule has 0 radical (unpaired) electrons. The van der Waals surface area contributed by atoms with Crippen molar-refractivity contribution in [1.82, 2.24) is 14.6 Å². The number of nitrogens with zero attached hydrogens (tertiary/aromatic N) is 4. The van der Waals surface area contributed by atoms with Gasteiger partial charge in [-0.05, 0) is 56.1 Å². The lowest BCUT2D eigenvalue weighted by Gasteiger charge is -2.52. The highest BCUT2D eigenvalue weighted by molar-refractivity contribution is 5.93. The lowest BCUT2D eigenvalue weighted by atomic mass is 9.50. The van der Waals surface area contributed by atoms with E-state index in [4.69, 9.17) is 0 Å². The number of carbonyl (C=O) groups is 2. The van der Waals surface area contributed by atoms with Gasteiger partial charge >= 0.3 is 0 Å². The van der Waals surface area contributed by atoms with E-state index >= 15 is 0 Å². The van der Waals surface area contributed by atoms with Gasteiger partial charge in [-0.25, -0.2) is 13.3 Å². The number of amides is 1. The summed E-state index contributed by atoms with van der Waals surface area (Å²) in [5.41, 5.74) is -0.600. The van der Waals surface area contributed by atoms with Gasteiger partial charge in [-0.2, -0.15) is 4.98 Å². The quantitative estimate of drug-likeness (QED) is 0.504. The predicted octanol–water partition coefficient (Wildman–Crippen LogP) is 3.76. The standard InChI is InChI=1S/C23H25F2N5O4/c24-23(25)10-15(23)18(31)22(30(33)34)11-21(12-22)8-6-13(7-9-21)16-2-1-3-17-26-20(28-29(16)17)27-19(32)14-4-5-14/h1-3,13-15H,4-12H2,(H,27,28,32)/t13?,15-,21?,22?/m0/s1. The van der Waals surface area contributed by atoms with Gasteiger partial charge in [0.1, 0.15) is 0 Å². The van der Waals surface area contributed by atoms with E-state index in [0.29, 0.717) is 18.5 Å². The average molecular weight is 473 g/mol. The van der Waals surface area contributed by atoms with E-state index in [1.165, 1.54) is 0 Å². The number of rotatable bonds is 6. The Bertz CT molecular complexity index is 1210. The number of nitrogens with one attached hydrogen (secondary N) is 1. The molecule has 1 N–H and O–H groups in total. The first-order valence-corrected chi connectivity index (χ1v) is 11.9. The number of pyridine rings is 1. The van der Waals surface area contributed by atoms with Crippen LogP contribution < -0.4 is 5.32 Å². The molecule has 0 aromatic carbocycles. The minimum atomic E-state index is -3.09. The summed E-state index contributed by atoms with van der Waals surface area (Å²) in [5.74, 6) is -5.05. The number of carbonyl (C=O) groups excluding carboxylic acids is 2. The lowest BCUT2D eigenvalue weighted by molar-refractivity contribution is -0.580. The van der Waals surface area contributed by atoms with Crippen LogP contribution in [-0.2, 0) is 9.59 Å². The van der Waals surface area contributed by atoms with Gasteiger partial charge in [-0.15, -0.1) is 5.10 Å². The summed E-state index contributed by atoms with van der Waals surface area (Å²) in [7, 11) is 0. The van der Waals surface area contributed by atoms with Gasteiger partial charge in [-0.3, -0.25) is 25.0 Å². The Labute approximate surface area is 193 Å². The van der Waals surface area contributed by atoms with E-state index in [9.17, 15) is 28.5 Å². The molecule has 0 saturated heterocycles. The maximum atomic E-state index is 13.4. The molecule has 1 atom stereocenters. The zero-order valence-electron chi connectivity index (χ0n) is 18.5. The largest absolute Gasteiger partial charge is 0.293 e. The summed E-state index contributed by atoms with van der Waals surface area (Å²) in [4.78, 5) is 40.2. The second-order valence-corrected chi connectivity index (χ2v) is 10.7. The summed E-state index contributed by atoms with van der Waals surface area (Å²) in [6.07, 6.45) is 4.21. The molecule has 0 unspecified atom stereocenters. The molecular weight excluding hydrogens is 448 g/mol. The number of alkyl halides is 2. The van der Waals surface area contributed by atoms with Crippen molar-refractivity contribution in [2.24, 2.45) is 17.3 Å². The van der Waals surface area contributed by atoms with Crippen LogP contribution in [0.2, 0.25) is 0 Å². The van der Waals surface area contributed by atoms with E-state index in [2.05, 4.69) is 15.4 Å². The summed E-state index contributed by atoms with van der Waals surface area (Å²) < 4.78 is 28.6. The molecule has 9 nitrogen and oxygen atoms in total. The molecule has 4 fully saturated rings. The molecule has 2 heterocycles. The number of aromatic nitrogens is 3. The lowest BCUT2D eigenvalue weighted by Crippen LogP contribution is -2.63. The number of nitro groups is 1. The van der Waals surface area contributed by atoms with Gasteiger partial charge in [-0.1, -0.05) is 6.07 Å². The molecule has 34 heavy (non-hydrogen) atoms. The van der Waals surface area contributed by atoms with Crippen LogP contribution in [0.5, 0.6) is 0 Å². The van der Waals surface area contributed by atoms with Crippen molar-refractivity contribution in [3.63, 3.8) is 0 Å². The third-order valence-corrected chi connectivity index (χ3v) is 8.32. The molecule has 2 aromatic rings. The summed E-state index contributed by atoms with van der Waals surface area (Å²) >= 11 is 0. The van der Waals surface area contributed by atoms with Gasteiger partial charge in [0, 0.05) is 41.7 Å². The van der Waals surface area contributed by atoms with Crippen LogP contribution in [0.3, 0.4) is 0 Å². The van der Waals surface area contributed by atoms with Gasteiger partial charge in [0.05, 0.1) is 5.92 Å². The average Bonchev–Trinajstić information content (AvgIpc) is 3.68.